The Kier molecular flexibility index (Phi) is 6.93. The molecule has 2 spiro atoms. The Morgan fingerprint density at radius 1 is 0.517 bits per heavy atom. The van der Waals surface area contributed by atoms with Crippen LogP contribution in [0.5, 0.6) is 11.5 Å². The van der Waals surface area contributed by atoms with Gasteiger partial charge in [-0.25, -0.2) is 0 Å². The molecule has 2 heteroatoms. The smallest absolute Gasteiger partial charge is 0.155 e. The van der Waals surface area contributed by atoms with Crippen LogP contribution >= 0.6 is 0 Å². The molecule has 1 aliphatic heterocycles. The Hall–Kier alpha value is -4.30. The normalized spacial score (nSPS) is 31.4. The summed E-state index contributed by atoms with van der Waals surface area (Å²) in [6.07, 6.45) is 10.4. The number of para-hydroxylation sites is 1. The van der Waals surface area contributed by atoms with Crippen LogP contribution in [0.25, 0.3) is 11.1 Å². The number of hydrogen-bond donors (Lipinski definition) is 0. The lowest BCUT2D eigenvalue weighted by Gasteiger charge is -2.77. The summed E-state index contributed by atoms with van der Waals surface area (Å²) < 4.78 is 7.60. The fourth-order valence-corrected chi connectivity index (χ4v) is 15.1. The molecule has 296 valence electrons. The standard InChI is InChI=1S/C56H61NO/c1-51(2)24-25-53(5,6)43-32-38(21-23-39(43)51)57(44-18-12-16-41-49(44)54(7,8)27-26-52(41,3)4)45-19-13-17-42-50(45)58-46-30-36(35-14-10-9-11-15-35)20-22-40(46)56(42)47-29-34-28-37-31-48(56)55(37,47)33-34/h9-23,30,32,34,37,47-48H,24-29,31,33H2,1-8H3. The van der Waals surface area contributed by atoms with E-state index in [0.29, 0.717) is 17.3 Å². The van der Waals surface area contributed by atoms with E-state index in [2.05, 4.69) is 163 Å². The van der Waals surface area contributed by atoms with Crippen molar-refractivity contribution in [2.24, 2.45) is 29.1 Å². The number of rotatable bonds is 4. The number of hydrogen-bond acceptors (Lipinski definition) is 2. The molecule has 0 amide bonds. The minimum absolute atomic E-state index is 0.00920. The Labute approximate surface area is 347 Å². The second-order valence-corrected chi connectivity index (χ2v) is 22.7. The molecule has 58 heavy (non-hydrogen) atoms. The first-order chi connectivity index (χ1) is 27.7. The van der Waals surface area contributed by atoms with E-state index in [1.54, 1.807) is 0 Å². The highest BCUT2D eigenvalue weighted by Crippen LogP contribution is 2.89. The van der Waals surface area contributed by atoms with Crippen LogP contribution in [0.15, 0.2) is 103 Å². The maximum Gasteiger partial charge on any atom is 0.155 e. The van der Waals surface area contributed by atoms with E-state index in [0.717, 1.165) is 23.3 Å². The average molecular weight is 764 g/mol. The summed E-state index contributed by atoms with van der Waals surface area (Å²) in [5.41, 5.74) is 16.0. The van der Waals surface area contributed by atoms with Gasteiger partial charge in [0.2, 0.25) is 0 Å². The number of anilines is 3. The van der Waals surface area contributed by atoms with E-state index in [4.69, 9.17) is 4.74 Å². The van der Waals surface area contributed by atoms with E-state index in [1.807, 2.05) is 0 Å². The van der Waals surface area contributed by atoms with Crippen molar-refractivity contribution in [1.82, 2.24) is 0 Å². The van der Waals surface area contributed by atoms with E-state index in [-0.39, 0.29) is 27.1 Å². The van der Waals surface area contributed by atoms with Gasteiger partial charge in [-0.2, -0.15) is 0 Å². The molecule has 1 heterocycles. The Morgan fingerprint density at radius 3 is 1.93 bits per heavy atom. The van der Waals surface area contributed by atoms with Crippen LogP contribution in [0, 0.1) is 29.1 Å². The second kappa shape index (κ2) is 11.3. The van der Waals surface area contributed by atoms with Crippen LogP contribution < -0.4 is 9.64 Å². The quantitative estimate of drug-likeness (QED) is 0.181. The highest BCUT2D eigenvalue weighted by molar-refractivity contribution is 5.87. The number of fused-ring (bicyclic) bond motifs is 9. The van der Waals surface area contributed by atoms with Gasteiger partial charge in [-0.1, -0.05) is 128 Å². The molecule has 7 aliphatic rings. The summed E-state index contributed by atoms with van der Waals surface area (Å²) >= 11 is 0. The zero-order valence-electron chi connectivity index (χ0n) is 36.1. The lowest BCUT2D eigenvalue weighted by atomic mass is 9.26. The van der Waals surface area contributed by atoms with Crippen LogP contribution in [0.2, 0.25) is 0 Å². The summed E-state index contributed by atoms with van der Waals surface area (Å²) in [6.45, 7) is 19.7. The predicted molar refractivity (Wildman–Crippen MR) is 239 cm³/mol. The summed E-state index contributed by atoms with van der Waals surface area (Å²) in [6, 6.07) is 40.2. The molecule has 5 aromatic rings. The summed E-state index contributed by atoms with van der Waals surface area (Å²) in [5, 5.41) is 0. The van der Waals surface area contributed by atoms with Gasteiger partial charge in [-0.3, -0.25) is 0 Å². The molecular weight excluding hydrogens is 703 g/mol. The van der Waals surface area contributed by atoms with Crippen molar-refractivity contribution in [3.05, 3.63) is 137 Å². The molecule has 2 bridgehead atoms. The minimum Gasteiger partial charge on any atom is -0.454 e. The summed E-state index contributed by atoms with van der Waals surface area (Å²) in [4.78, 5) is 2.66. The van der Waals surface area contributed by atoms with Crippen molar-refractivity contribution in [1.29, 1.82) is 0 Å². The molecule has 4 saturated carbocycles. The van der Waals surface area contributed by atoms with Gasteiger partial charge >= 0.3 is 0 Å². The maximum absolute atomic E-state index is 7.60. The van der Waals surface area contributed by atoms with Crippen LogP contribution in [-0.4, -0.2) is 0 Å². The van der Waals surface area contributed by atoms with Gasteiger partial charge in [0.25, 0.3) is 0 Å². The lowest BCUT2D eigenvalue weighted by Crippen LogP contribution is -2.74. The van der Waals surface area contributed by atoms with Crippen molar-refractivity contribution in [3.8, 4) is 22.6 Å². The number of nitrogens with zero attached hydrogens (tertiary/aromatic N) is 1. The van der Waals surface area contributed by atoms with Gasteiger partial charge < -0.3 is 9.64 Å². The molecule has 0 N–H and O–H groups in total. The molecule has 0 saturated heterocycles. The van der Waals surface area contributed by atoms with Gasteiger partial charge in [-0.05, 0) is 166 Å². The Balaban J connectivity index is 1.13. The molecule has 5 aromatic carbocycles. The first-order valence-corrected chi connectivity index (χ1v) is 22.8. The van der Waals surface area contributed by atoms with Gasteiger partial charge in [0.05, 0.1) is 11.4 Å². The summed E-state index contributed by atoms with van der Waals surface area (Å²) in [5.74, 6) is 5.35. The largest absolute Gasteiger partial charge is 0.454 e. The second-order valence-electron chi connectivity index (χ2n) is 22.7. The predicted octanol–water partition coefficient (Wildman–Crippen LogP) is 15.0. The zero-order chi connectivity index (χ0) is 39.8. The van der Waals surface area contributed by atoms with Gasteiger partial charge in [0, 0.05) is 22.2 Å². The third kappa shape index (κ3) is 4.35. The number of ether oxygens (including phenoxy) is 1. The monoisotopic (exact) mass is 763 g/mol. The van der Waals surface area contributed by atoms with E-state index in [1.165, 1.54) is 113 Å². The van der Waals surface area contributed by atoms with Crippen molar-refractivity contribution in [2.75, 3.05) is 4.90 Å². The molecule has 6 unspecified atom stereocenters. The molecule has 0 radical (unpaired) electrons. The molecule has 0 aromatic heterocycles. The molecule has 2 nitrogen and oxygen atoms in total. The van der Waals surface area contributed by atoms with Gasteiger partial charge in [0.15, 0.2) is 5.75 Å². The van der Waals surface area contributed by atoms with Gasteiger partial charge in [0.1, 0.15) is 5.75 Å². The fraction of sp³-hybridized carbons (Fsp3) is 0.464. The third-order valence-corrected chi connectivity index (χ3v) is 18.1. The third-order valence-electron chi connectivity index (χ3n) is 18.1. The lowest BCUT2D eigenvalue weighted by molar-refractivity contribution is -0.235. The highest BCUT2D eigenvalue weighted by atomic mass is 16.5. The van der Waals surface area contributed by atoms with Crippen molar-refractivity contribution in [3.63, 3.8) is 0 Å². The first kappa shape index (κ1) is 35.6. The average Bonchev–Trinajstić information content (AvgIpc) is 3.74. The van der Waals surface area contributed by atoms with Gasteiger partial charge in [-0.15, -0.1) is 0 Å². The molecule has 6 atom stereocenters. The molecule has 6 aliphatic carbocycles. The molecule has 12 rings (SSSR count). The Morgan fingerprint density at radius 2 is 1.17 bits per heavy atom. The van der Waals surface area contributed by atoms with E-state index in [9.17, 15) is 0 Å². The summed E-state index contributed by atoms with van der Waals surface area (Å²) in [7, 11) is 0. The zero-order valence-corrected chi connectivity index (χ0v) is 36.1. The van der Waals surface area contributed by atoms with Crippen molar-refractivity contribution >= 4 is 17.1 Å². The van der Waals surface area contributed by atoms with Crippen LogP contribution in [0.1, 0.15) is 140 Å². The maximum atomic E-state index is 7.60. The van der Waals surface area contributed by atoms with E-state index >= 15 is 0 Å². The first-order valence-electron chi connectivity index (χ1n) is 22.8. The number of benzene rings is 5. The Bertz CT molecular complexity index is 2560. The van der Waals surface area contributed by atoms with E-state index < -0.39 is 0 Å². The SMILES string of the molecule is CC1(C)CCC(C)(C)c2cc(N(c3cccc4c3Oc3cc(-c5ccccc5)ccc3C43C4CC5CC6CC3C64C5)c3cccc4c3C(C)(C)CCC4(C)C)ccc21. The van der Waals surface area contributed by atoms with Crippen LogP contribution in [0.3, 0.4) is 0 Å². The fourth-order valence-electron chi connectivity index (χ4n) is 15.1. The molecule has 4 fully saturated rings. The topological polar surface area (TPSA) is 12.5 Å². The van der Waals surface area contributed by atoms with Crippen LogP contribution in [0.4, 0.5) is 17.1 Å². The highest BCUT2D eigenvalue weighted by Gasteiger charge is 2.84. The van der Waals surface area contributed by atoms with Crippen LogP contribution in [-0.2, 0) is 27.1 Å². The molecular formula is C56H61NO. The van der Waals surface area contributed by atoms with Crippen molar-refractivity contribution in [2.45, 2.75) is 134 Å². The minimum atomic E-state index is -0.00920. The van der Waals surface area contributed by atoms with Crippen molar-refractivity contribution < 1.29 is 4.74 Å².